The smallest absolute Gasteiger partial charge is 0.248 e. The van der Waals surface area contributed by atoms with Crippen LogP contribution in [0.4, 0.5) is 0 Å². The Balaban J connectivity index is 2.64. The lowest BCUT2D eigenvalue weighted by atomic mass is 10.1. The predicted octanol–water partition coefficient (Wildman–Crippen LogP) is 2.40. The number of hydrogen-bond donors (Lipinski definition) is 1. The highest BCUT2D eigenvalue weighted by atomic mass is 32.1. The molecular formula is C11H9NOS. The van der Waals surface area contributed by atoms with Gasteiger partial charge >= 0.3 is 0 Å². The lowest BCUT2D eigenvalue weighted by Crippen LogP contribution is -2.11. The summed E-state index contributed by atoms with van der Waals surface area (Å²) in [7, 11) is 0. The SMILES string of the molecule is C=C(C(N)=O)c1csc2ccccc12. The third kappa shape index (κ3) is 1.32. The zero-order valence-electron chi connectivity index (χ0n) is 7.49. The lowest BCUT2D eigenvalue weighted by molar-refractivity contribution is -0.112. The van der Waals surface area contributed by atoms with Crippen molar-refractivity contribution in [2.45, 2.75) is 0 Å². The molecule has 0 fully saturated rings. The van der Waals surface area contributed by atoms with Crippen LogP contribution in [0.5, 0.6) is 0 Å². The van der Waals surface area contributed by atoms with Crippen molar-refractivity contribution in [1.82, 2.24) is 0 Å². The molecular weight excluding hydrogens is 194 g/mol. The van der Waals surface area contributed by atoms with Crippen LogP contribution in [0.1, 0.15) is 5.56 Å². The van der Waals surface area contributed by atoms with Gasteiger partial charge in [0.1, 0.15) is 0 Å². The number of nitrogens with two attached hydrogens (primary N) is 1. The van der Waals surface area contributed by atoms with Crippen LogP contribution in [0, 0.1) is 0 Å². The topological polar surface area (TPSA) is 43.1 Å². The minimum atomic E-state index is -0.464. The molecule has 3 heteroatoms. The van der Waals surface area contributed by atoms with E-state index in [-0.39, 0.29) is 0 Å². The molecule has 2 rings (SSSR count). The molecule has 0 saturated heterocycles. The summed E-state index contributed by atoms with van der Waals surface area (Å²) in [5.41, 5.74) is 6.41. The maximum Gasteiger partial charge on any atom is 0.248 e. The van der Waals surface area contributed by atoms with Gasteiger partial charge < -0.3 is 5.73 Å². The Bertz CT molecular complexity index is 513. The van der Waals surface area contributed by atoms with Crippen LogP contribution in [0.3, 0.4) is 0 Å². The molecule has 1 heterocycles. The first-order valence-corrected chi connectivity index (χ1v) is 5.03. The molecule has 0 aliphatic rings. The van der Waals surface area contributed by atoms with Crippen LogP contribution in [0.2, 0.25) is 0 Å². The molecule has 70 valence electrons. The zero-order valence-corrected chi connectivity index (χ0v) is 8.30. The summed E-state index contributed by atoms with van der Waals surface area (Å²) in [6, 6.07) is 7.88. The highest BCUT2D eigenvalue weighted by molar-refractivity contribution is 7.17. The zero-order chi connectivity index (χ0) is 10.1. The van der Waals surface area contributed by atoms with Crippen LogP contribution < -0.4 is 5.73 Å². The molecule has 0 radical (unpaired) electrons. The Kier molecular flexibility index (Phi) is 2.09. The van der Waals surface area contributed by atoms with Gasteiger partial charge in [-0.25, -0.2) is 0 Å². The van der Waals surface area contributed by atoms with Gasteiger partial charge in [-0.15, -0.1) is 11.3 Å². The third-order valence-corrected chi connectivity index (χ3v) is 3.07. The highest BCUT2D eigenvalue weighted by Gasteiger charge is 2.10. The quantitative estimate of drug-likeness (QED) is 0.748. The number of fused-ring (bicyclic) bond motifs is 1. The van der Waals surface area contributed by atoms with E-state index in [1.807, 2.05) is 29.6 Å². The molecule has 1 aromatic carbocycles. The van der Waals surface area contributed by atoms with Gasteiger partial charge in [0.15, 0.2) is 0 Å². The third-order valence-electron chi connectivity index (χ3n) is 2.10. The Morgan fingerprint density at radius 3 is 2.79 bits per heavy atom. The van der Waals surface area contributed by atoms with Gasteiger partial charge in [0, 0.05) is 21.2 Å². The Morgan fingerprint density at radius 1 is 1.36 bits per heavy atom. The largest absolute Gasteiger partial charge is 0.366 e. The number of benzene rings is 1. The van der Waals surface area contributed by atoms with Crippen molar-refractivity contribution in [2.24, 2.45) is 5.73 Å². The number of primary amides is 1. The second kappa shape index (κ2) is 3.27. The van der Waals surface area contributed by atoms with E-state index >= 15 is 0 Å². The molecule has 2 aromatic rings. The summed E-state index contributed by atoms with van der Waals surface area (Å²) in [5.74, 6) is -0.464. The summed E-state index contributed by atoms with van der Waals surface area (Å²) in [6.07, 6.45) is 0. The first kappa shape index (κ1) is 8.97. The van der Waals surface area contributed by atoms with Crippen LogP contribution in [0.15, 0.2) is 36.2 Å². The van der Waals surface area contributed by atoms with Crippen molar-refractivity contribution >= 4 is 32.9 Å². The molecule has 1 aromatic heterocycles. The van der Waals surface area contributed by atoms with Crippen molar-refractivity contribution in [1.29, 1.82) is 0 Å². The minimum absolute atomic E-state index is 0.377. The number of carbonyl (C=O) groups is 1. The molecule has 14 heavy (non-hydrogen) atoms. The average Bonchev–Trinajstić information content (AvgIpc) is 2.60. The lowest BCUT2D eigenvalue weighted by Gasteiger charge is -1.98. The van der Waals surface area contributed by atoms with Gasteiger partial charge in [0.25, 0.3) is 0 Å². The fourth-order valence-electron chi connectivity index (χ4n) is 1.34. The normalized spacial score (nSPS) is 10.3. The summed E-state index contributed by atoms with van der Waals surface area (Å²) in [5, 5.41) is 2.96. The Morgan fingerprint density at radius 2 is 2.07 bits per heavy atom. The van der Waals surface area contributed by atoms with E-state index in [2.05, 4.69) is 6.58 Å². The minimum Gasteiger partial charge on any atom is -0.366 e. The second-order valence-electron chi connectivity index (χ2n) is 2.99. The van der Waals surface area contributed by atoms with Gasteiger partial charge in [-0.2, -0.15) is 0 Å². The maximum absolute atomic E-state index is 11.0. The molecule has 0 aliphatic carbocycles. The standard InChI is InChI=1S/C11H9NOS/c1-7(11(12)13)9-6-14-10-5-3-2-4-8(9)10/h2-6H,1H2,(H2,12,13). The van der Waals surface area contributed by atoms with Crippen molar-refractivity contribution in [3.8, 4) is 0 Å². The average molecular weight is 203 g/mol. The second-order valence-corrected chi connectivity index (χ2v) is 3.90. The van der Waals surface area contributed by atoms with Crippen LogP contribution >= 0.6 is 11.3 Å². The molecule has 2 N–H and O–H groups in total. The molecule has 0 saturated carbocycles. The van der Waals surface area contributed by atoms with E-state index in [0.717, 1.165) is 15.6 Å². The first-order chi connectivity index (χ1) is 6.70. The van der Waals surface area contributed by atoms with E-state index in [9.17, 15) is 4.79 Å². The molecule has 1 amide bonds. The highest BCUT2D eigenvalue weighted by Crippen LogP contribution is 2.29. The molecule has 0 atom stereocenters. The first-order valence-electron chi connectivity index (χ1n) is 4.15. The maximum atomic E-state index is 11.0. The van der Waals surface area contributed by atoms with Gasteiger partial charge in [-0.05, 0) is 11.4 Å². The van der Waals surface area contributed by atoms with Crippen LogP contribution in [0.25, 0.3) is 15.7 Å². The van der Waals surface area contributed by atoms with Crippen molar-refractivity contribution in [3.05, 3.63) is 41.8 Å². The molecule has 0 bridgehead atoms. The molecule has 0 aliphatic heterocycles. The van der Waals surface area contributed by atoms with Crippen LogP contribution in [-0.4, -0.2) is 5.91 Å². The monoisotopic (exact) mass is 203 g/mol. The number of rotatable bonds is 2. The summed E-state index contributed by atoms with van der Waals surface area (Å²) in [4.78, 5) is 11.0. The Labute approximate surface area is 85.7 Å². The van der Waals surface area contributed by atoms with E-state index in [1.54, 1.807) is 11.3 Å². The van der Waals surface area contributed by atoms with Gasteiger partial charge in [-0.1, -0.05) is 24.8 Å². The Hall–Kier alpha value is -1.61. The fourth-order valence-corrected chi connectivity index (χ4v) is 2.32. The van der Waals surface area contributed by atoms with E-state index < -0.39 is 5.91 Å². The molecule has 0 unspecified atom stereocenters. The van der Waals surface area contributed by atoms with Gasteiger partial charge in [0.2, 0.25) is 5.91 Å². The summed E-state index contributed by atoms with van der Waals surface area (Å²) >= 11 is 1.59. The van der Waals surface area contributed by atoms with Gasteiger partial charge in [0.05, 0.1) is 0 Å². The summed E-state index contributed by atoms with van der Waals surface area (Å²) in [6.45, 7) is 3.68. The fraction of sp³-hybridized carbons (Fsp3) is 0. The predicted molar refractivity (Wildman–Crippen MR) is 60.1 cm³/mol. The van der Waals surface area contributed by atoms with Gasteiger partial charge in [-0.3, -0.25) is 4.79 Å². The number of hydrogen-bond acceptors (Lipinski definition) is 2. The molecule has 2 nitrogen and oxygen atoms in total. The van der Waals surface area contributed by atoms with E-state index in [1.165, 1.54) is 0 Å². The number of carbonyl (C=O) groups excluding carboxylic acids is 1. The van der Waals surface area contributed by atoms with E-state index in [4.69, 9.17) is 5.73 Å². The number of amides is 1. The van der Waals surface area contributed by atoms with Crippen molar-refractivity contribution in [2.75, 3.05) is 0 Å². The summed E-state index contributed by atoms with van der Waals surface area (Å²) < 4.78 is 1.14. The molecule has 0 spiro atoms. The number of thiophene rings is 1. The van der Waals surface area contributed by atoms with Crippen LogP contribution in [-0.2, 0) is 4.79 Å². The van der Waals surface area contributed by atoms with Crippen molar-refractivity contribution in [3.63, 3.8) is 0 Å². The van der Waals surface area contributed by atoms with Crippen molar-refractivity contribution < 1.29 is 4.79 Å². The van der Waals surface area contributed by atoms with E-state index in [0.29, 0.717) is 5.57 Å².